The average Bonchev–Trinajstić information content (AvgIpc) is 3.45. The van der Waals surface area contributed by atoms with E-state index in [-0.39, 0.29) is 5.88 Å². The Hall–Kier alpha value is -3.02. The van der Waals surface area contributed by atoms with Crippen LogP contribution in [0.2, 0.25) is 0 Å². The van der Waals surface area contributed by atoms with Crippen LogP contribution in [0.1, 0.15) is 5.56 Å². The van der Waals surface area contributed by atoms with Gasteiger partial charge in [0.2, 0.25) is 0 Å². The van der Waals surface area contributed by atoms with Crippen molar-refractivity contribution in [2.45, 2.75) is 0 Å². The Morgan fingerprint density at radius 1 is 0.868 bits per heavy atom. The highest BCUT2D eigenvalue weighted by atomic mass is 127. The molecule has 0 fully saturated rings. The number of imidazole rings is 1. The molecule has 1 heterocycles. The van der Waals surface area contributed by atoms with Crippen molar-refractivity contribution in [2.24, 2.45) is 10.7 Å². The number of para-hydroxylation sites is 2. The fourth-order valence-corrected chi connectivity index (χ4v) is 4.38. The summed E-state index contributed by atoms with van der Waals surface area (Å²) in [4.78, 5) is 17.9. The number of aldehydes is 1. The first-order chi connectivity index (χ1) is 18.5. The molecule has 0 amide bonds. The van der Waals surface area contributed by atoms with E-state index in [2.05, 4.69) is 96.1 Å². The first kappa shape index (κ1) is 29.5. The maximum atomic E-state index is 9.04. The number of carbonyl (C=O) groups is 1. The van der Waals surface area contributed by atoms with Gasteiger partial charge < -0.3 is 10.5 Å². The van der Waals surface area contributed by atoms with Crippen molar-refractivity contribution < 1.29 is 4.79 Å². The molecule has 0 aliphatic carbocycles. The molecule has 0 radical (unpaired) electrons. The molecule has 2 N–H and O–H groups in total. The number of aromatic nitrogens is 2. The van der Waals surface area contributed by atoms with E-state index < -0.39 is 0 Å². The van der Waals surface area contributed by atoms with Crippen molar-refractivity contribution in [1.82, 2.24) is 9.55 Å². The fraction of sp³-hybridized carbons (Fsp3) is 0.0333. The van der Waals surface area contributed by atoms with Gasteiger partial charge in [-0.3, -0.25) is 4.57 Å². The highest BCUT2D eigenvalue weighted by Gasteiger charge is 2.07. The summed E-state index contributed by atoms with van der Waals surface area (Å²) in [6, 6.07) is 36.3. The Morgan fingerprint density at radius 3 is 2.08 bits per heavy atom. The van der Waals surface area contributed by atoms with Crippen LogP contribution in [0.15, 0.2) is 127 Å². The van der Waals surface area contributed by atoms with Gasteiger partial charge in [-0.15, -0.1) is 11.6 Å². The van der Waals surface area contributed by atoms with Gasteiger partial charge in [-0.25, -0.2) is 9.98 Å². The van der Waals surface area contributed by atoms with Gasteiger partial charge in [0, 0.05) is 36.3 Å². The highest BCUT2D eigenvalue weighted by Crippen LogP contribution is 2.22. The van der Waals surface area contributed by atoms with Gasteiger partial charge in [-0.2, -0.15) is 0 Å². The number of nitrogens with zero attached hydrogens (tertiary/aromatic N) is 3. The van der Waals surface area contributed by atoms with Crippen LogP contribution in [-0.2, 0) is 4.79 Å². The van der Waals surface area contributed by atoms with Gasteiger partial charge in [0.1, 0.15) is 17.9 Å². The zero-order valence-corrected chi connectivity index (χ0v) is 25.4. The quantitative estimate of drug-likeness (QED) is 0.0654. The number of hydrogen-bond donors (Lipinski definition) is 1. The molecular weight excluding hydrogens is 722 g/mol. The summed E-state index contributed by atoms with van der Waals surface area (Å²) < 4.78 is 4.47. The van der Waals surface area contributed by atoms with Crippen molar-refractivity contribution in [3.8, 4) is 17.1 Å². The molecule has 0 aliphatic heterocycles. The minimum atomic E-state index is 0.111. The summed E-state index contributed by atoms with van der Waals surface area (Å²) in [5, 5.41) is 0. The van der Waals surface area contributed by atoms with Crippen LogP contribution in [0.3, 0.4) is 0 Å². The van der Waals surface area contributed by atoms with E-state index in [4.69, 9.17) is 22.1 Å². The fourth-order valence-electron chi connectivity index (χ4n) is 3.30. The van der Waals surface area contributed by atoms with Gasteiger partial charge in [-0.1, -0.05) is 60.7 Å². The molecule has 0 unspecified atom stereocenters. The normalized spacial score (nSPS) is 10.4. The molecule has 8 heteroatoms. The molecule has 0 saturated carbocycles. The monoisotopic (exact) mass is 746 g/mol. The Bertz CT molecular complexity index is 1460. The first-order valence-corrected chi connectivity index (χ1v) is 14.2. The number of halogens is 3. The van der Waals surface area contributed by atoms with Crippen LogP contribution in [0.5, 0.6) is 0 Å². The molecule has 0 atom stereocenters. The third-order valence-electron chi connectivity index (χ3n) is 4.95. The summed E-state index contributed by atoms with van der Waals surface area (Å²) in [6.07, 6.45) is 4.47. The Labute approximate surface area is 255 Å². The summed E-state index contributed by atoms with van der Waals surface area (Å²) in [5.74, 6) is 1.63. The number of benzene rings is 4. The smallest absolute Gasteiger partial charge is 0.144 e. The standard InChI is InChI=1S/C15H11IN2.C13H11IN2.C2H3ClO/c16-13-6-4-5-12(11-13)15-17-9-10-18(15)14-7-2-1-3-8-14;14-11-6-4-5-10(9-11)13(15)16-12-7-2-1-3-8-12;3-1-2-4/h1-11H;1-9H,(H2,15,16);2H,1H2. The van der Waals surface area contributed by atoms with Crippen molar-refractivity contribution in [1.29, 1.82) is 0 Å². The molecule has 1 aromatic heterocycles. The molecule has 0 aliphatic rings. The zero-order chi connectivity index (χ0) is 27.2. The van der Waals surface area contributed by atoms with E-state index in [1.807, 2.05) is 85.2 Å². The Kier molecular flexibility index (Phi) is 12.5. The number of nitrogens with two attached hydrogens (primary N) is 1. The van der Waals surface area contributed by atoms with E-state index in [0.717, 1.165) is 31.9 Å². The largest absolute Gasteiger partial charge is 0.383 e. The SMILES string of the molecule is Ic1cccc(-c2nccn2-c2ccccc2)c1.NC(=Nc1ccccc1)c1cccc(I)c1.O=CCCl. The second-order valence-corrected chi connectivity index (χ2v) is 10.4. The lowest BCUT2D eigenvalue weighted by atomic mass is 10.2. The van der Waals surface area contributed by atoms with Crippen molar-refractivity contribution in [2.75, 3.05) is 5.88 Å². The van der Waals surface area contributed by atoms with Crippen molar-refractivity contribution in [3.05, 3.63) is 134 Å². The van der Waals surface area contributed by atoms with E-state index in [9.17, 15) is 0 Å². The molecule has 0 saturated heterocycles. The zero-order valence-electron chi connectivity index (χ0n) is 20.3. The predicted octanol–water partition coefficient (Wildman–Crippen LogP) is 7.90. The lowest BCUT2D eigenvalue weighted by Gasteiger charge is -2.07. The minimum absolute atomic E-state index is 0.111. The second kappa shape index (κ2) is 16.1. The van der Waals surface area contributed by atoms with Gasteiger partial charge in [0.15, 0.2) is 0 Å². The van der Waals surface area contributed by atoms with Crippen LogP contribution >= 0.6 is 56.8 Å². The van der Waals surface area contributed by atoms with Gasteiger partial charge >= 0.3 is 0 Å². The molecule has 38 heavy (non-hydrogen) atoms. The number of amidine groups is 1. The molecular formula is C30H25ClI2N4O. The lowest BCUT2D eigenvalue weighted by molar-refractivity contribution is -0.105. The van der Waals surface area contributed by atoms with E-state index in [1.54, 1.807) is 0 Å². The van der Waals surface area contributed by atoms with Gasteiger partial charge in [-0.05, 0) is 93.7 Å². The number of carbonyl (C=O) groups excluding carboxylic acids is 1. The van der Waals surface area contributed by atoms with Crippen molar-refractivity contribution in [3.63, 3.8) is 0 Å². The molecule has 5 rings (SSSR count). The lowest BCUT2D eigenvalue weighted by Crippen LogP contribution is -2.12. The average molecular weight is 747 g/mol. The molecule has 0 spiro atoms. The summed E-state index contributed by atoms with van der Waals surface area (Å²) in [6.45, 7) is 0. The molecule has 5 nitrogen and oxygen atoms in total. The van der Waals surface area contributed by atoms with Gasteiger partial charge in [0.05, 0.1) is 11.6 Å². The third-order valence-corrected chi connectivity index (χ3v) is 6.42. The Balaban J connectivity index is 0.000000186. The van der Waals surface area contributed by atoms with Crippen LogP contribution in [0, 0.1) is 7.14 Å². The van der Waals surface area contributed by atoms with Gasteiger partial charge in [0.25, 0.3) is 0 Å². The van der Waals surface area contributed by atoms with E-state index in [0.29, 0.717) is 12.1 Å². The van der Waals surface area contributed by atoms with E-state index >= 15 is 0 Å². The van der Waals surface area contributed by atoms with Crippen LogP contribution in [0.25, 0.3) is 17.1 Å². The topological polar surface area (TPSA) is 73.3 Å². The summed E-state index contributed by atoms with van der Waals surface area (Å²) in [7, 11) is 0. The highest BCUT2D eigenvalue weighted by molar-refractivity contribution is 14.1. The molecule has 192 valence electrons. The third kappa shape index (κ3) is 9.38. The van der Waals surface area contributed by atoms with Crippen LogP contribution in [0.4, 0.5) is 5.69 Å². The number of hydrogen-bond acceptors (Lipinski definition) is 3. The predicted molar refractivity (Wildman–Crippen MR) is 174 cm³/mol. The Morgan fingerprint density at radius 2 is 1.47 bits per heavy atom. The van der Waals surface area contributed by atoms with E-state index in [1.165, 1.54) is 3.57 Å². The van der Waals surface area contributed by atoms with Crippen LogP contribution < -0.4 is 5.73 Å². The minimum Gasteiger partial charge on any atom is -0.383 e. The molecule has 4 aromatic carbocycles. The number of alkyl halides is 1. The maximum Gasteiger partial charge on any atom is 0.144 e. The molecule has 5 aromatic rings. The summed E-state index contributed by atoms with van der Waals surface area (Å²) in [5.41, 5.74) is 10.0. The maximum absolute atomic E-state index is 9.04. The number of aliphatic imine (C=N–C) groups is 1. The summed E-state index contributed by atoms with van der Waals surface area (Å²) >= 11 is 9.40. The molecule has 0 bridgehead atoms. The first-order valence-electron chi connectivity index (χ1n) is 11.5. The van der Waals surface area contributed by atoms with Crippen molar-refractivity contribution >= 4 is 74.6 Å². The second-order valence-electron chi connectivity index (χ2n) is 7.63. The number of rotatable bonds is 5. The van der Waals surface area contributed by atoms with Crippen LogP contribution in [-0.4, -0.2) is 27.6 Å².